The van der Waals surface area contributed by atoms with Gasteiger partial charge in [-0.05, 0) is 40.5 Å². The van der Waals surface area contributed by atoms with E-state index in [2.05, 4.69) is 51.8 Å². The van der Waals surface area contributed by atoms with Crippen LogP contribution in [0.4, 0.5) is 0 Å². The molecule has 0 radical (unpaired) electrons. The molecule has 0 amide bonds. The third-order valence-corrected chi connectivity index (χ3v) is 7.35. The van der Waals surface area contributed by atoms with Crippen molar-refractivity contribution in [2.75, 3.05) is 12.3 Å². The summed E-state index contributed by atoms with van der Waals surface area (Å²) in [7, 11) is -3.36. The van der Waals surface area contributed by atoms with Crippen LogP contribution < -0.4 is 4.72 Å². The molecular weight excluding hydrogens is 390 g/mol. The number of benzene rings is 1. The number of rotatable bonds is 7. The standard InChI is InChI=1S/C14H16BrNO2S3/c1-11-2-4-12(5-3-11)10-19-9-8-16-21(17,18)14-7-6-13(15)20-14/h2-7,16H,8-10H2,1H3. The second kappa shape index (κ2) is 7.78. The average molecular weight is 406 g/mol. The molecule has 0 aliphatic heterocycles. The first-order valence-electron chi connectivity index (χ1n) is 6.36. The summed E-state index contributed by atoms with van der Waals surface area (Å²) < 4.78 is 27.8. The zero-order valence-electron chi connectivity index (χ0n) is 11.5. The molecule has 0 saturated heterocycles. The van der Waals surface area contributed by atoms with Crippen molar-refractivity contribution in [3.05, 3.63) is 51.3 Å². The van der Waals surface area contributed by atoms with Crippen LogP contribution in [0.1, 0.15) is 11.1 Å². The van der Waals surface area contributed by atoms with Crippen LogP contribution in [0.5, 0.6) is 0 Å². The third kappa shape index (κ3) is 5.41. The zero-order valence-corrected chi connectivity index (χ0v) is 15.5. The fourth-order valence-corrected chi connectivity index (χ4v) is 5.67. The van der Waals surface area contributed by atoms with E-state index in [1.54, 1.807) is 23.9 Å². The number of aryl methyl sites for hydroxylation is 1. The van der Waals surface area contributed by atoms with Gasteiger partial charge in [0.15, 0.2) is 0 Å². The number of nitrogens with one attached hydrogen (secondary N) is 1. The summed E-state index contributed by atoms with van der Waals surface area (Å²) in [6.07, 6.45) is 0. The molecule has 0 aliphatic rings. The Labute approximate surface area is 142 Å². The predicted octanol–water partition coefficient (Wildman–Crippen LogP) is 4.03. The molecule has 0 atom stereocenters. The summed E-state index contributed by atoms with van der Waals surface area (Å²) in [5.41, 5.74) is 2.51. The lowest BCUT2D eigenvalue weighted by atomic mass is 10.2. The monoisotopic (exact) mass is 405 g/mol. The Morgan fingerprint density at radius 3 is 2.52 bits per heavy atom. The van der Waals surface area contributed by atoms with Gasteiger partial charge in [-0.25, -0.2) is 13.1 Å². The maximum atomic E-state index is 12.0. The molecule has 0 bridgehead atoms. The van der Waals surface area contributed by atoms with E-state index >= 15 is 0 Å². The number of hydrogen-bond acceptors (Lipinski definition) is 4. The third-order valence-electron chi connectivity index (χ3n) is 2.74. The molecule has 0 fully saturated rings. The van der Waals surface area contributed by atoms with Gasteiger partial charge in [0.25, 0.3) is 0 Å². The van der Waals surface area contributed by atoms with Crippen molar-refractivity contribution in [1.82, 2.24) is 4.72 Å². The van der Waals surface area contributed by atoms with Crippen LogP contribution in [0.3, 0.4) is 0 Å². The van der Waals surface area contributed by atoms with Gasteiger partial charge in [0.2, 0.25) is 10.0 Å². The molecule has 21 heavy (non-hydrogen) atoms. The van der Waals surface area contributed by atoms with Gasteiger partial charge in [0.05, 0.1) is 3.79 Å². The van der Waals surface area contributed by atoms with Gasteiger partial charge in [-0.2, -0.15) is 11.8 Å². The largest absolute Gasteiger partial charge is 0.250 e. The minimum Gasteiger partial charge on any atom is -0.210 e. The maximum absolute atomic E-state index is 12.0. The van der Waals surface area contributed by atoms with Gasteiger partial charge in [-0.1, -0.05) is 29.8 Å². The Morgan fingerprint density at radius 1 is 1.19 bits per heavy atom. The van der Waals surface area contributed by atoms with Gasteiger partial charge >= 0.3 is 0 Å². The van der Waals surface area contributed by atoms with Gasteiger partial charge < -0.3 is 0 Å². The molecular formula is C14H16BrNO2S3. The first kappa shape index (κ1) is 17.0. The van der Waals surface area contributed by atoms with E-state index in [4.69, 9.17) is 0 Å². The minimum atomic E-state index is -3.36. The number of halogens is 1. The van der Waals surface area contributed by atoms with E-state index in [0.717, 1.165) is 15.3 Å². The Balaban J connectivity index is 1.73. The number of thiophene rings is 1. The van der Waals surface area contributed by atoms with Crippen molar-refractivity contribution in [3.8, 4) is 0 Å². The van der Waals surface area contributed by atoms with E-state index in [1.807, 2.05) is 0 Å². The zero-order chi connectivity index (χ0) is 15.3. The van der Waals surface area contributed by atoms with Crippen LogP contribution in [0.2, 0.25) is 0 Å². The Bertz CT molecular complexity index is 680. The second-order valence-corrected chi connectivity index (χ2v) is 10.1. The summed E-state index contributed by atoms with van der Waals surface area (Å²) >= 11 is 6.21. The normalized spacial score (nSPS) is 11.7. The van der Waals surface area contributed by atoms with Crippen LogP contribution in [0, 0.1) is 6.92 Å². The van der Waals surface area contributed by atoms with Crippen molar-refractivity contribution >= 4 is 49.1 Å². The lowest BCUT2D eigenvalue weighted by Crippen LogP contribution is -2.25. The van der Waals surface area contributed by atoms with Crippen molar-refractivity contribution < 1.29 is 8.42 Å². The summed E-state index contributed by atoms with van der Waals surface area (Å²) in [6, 6.07) is 11.7. The second-order valence-electron chi connectivity index (χ2n) is 4.49. The van der Waals surface area contributed by atoms with Crippen LogP contribution >= 0.6 is 39.0 Å². The van der Waals surface area contributed by atoms with Gasteiger partial charge in [-0.15, -0.1) is 11.3 Å². The molecule has 1 aromatic carbocycles. The number of thioether (sulfide) groups is 1. The predicted molar refractivity (Wildman–Crippen MR) is 94.5 cm³/mol. The van der Waals surface area contributed by atoms with E-state index in [-0.39, 0.29) is 0 Å². The van der Waals surface area contributed by atoms with Crippen molar-refractivity contribution in [2.24, 2.45) is 0 Å². The van der Waals surface area contributed by atoms with E-state index in [0.29, 0.717) is 10.8 Å². The molecule has 1 aromatic heterocycles. The average Bonchev–Trinajstić information content (AvgIpc) is 2.88. The summed E-state index contributed by atoms with van der Waals surface area (Å²) in [5, 5.41) is 0. The van der Waals surface area contributed by atoms with Crippen molar-refractivity contribution in [2.45, 2.75) is 16.9 Å². The molecule has 0 saturated carbocycles. The Kier molecular flexibility index (Phi) is 6.31. The van der Waals surface area contributed by atoms with Crippen LogP contribution in [-0.4, -0.2) is 20.7 Å². The van der Waals surface area contributed by atoms with Crippen LogP contribution in [-0.2, 0) is 15.8 Å². The number of sulfonamides is 1. The summed E-state index contributed by atoms with van der Waals surface area (Å²) in [5.74, 6) is 1.65. The molecule has 2 rings (SSSR count). The number of hydrogen-bond donors (Lipinski definition) is 1. The van der Waals surface area contributed by atoms with Gasteiger partial charge in [0, 0.05) is 18.1 Å². The smallest absolute Gasteiger partial charge is 0.210 e. The minimum absolute atomic E-state index is 0.345. The van der Waals surface area contributed by atoms with Gasteiger partial charge in [-0.3, -0.25) is 0 Å². The van der Waals surface area contributed by atoms with E-state index < -0.39 is 10.0 Å². The highest BCUT2D eigenvalue weighted by atomic mass is 79.9. The fraction of sp³-hybridized carbons (Fsp3) is 0.286. The van der Waals surface area contributed by atoms with E-state index in [9.17, 15) is 8.42 Å². The summed E-state index contributed by atoms with van der Waals surface area (Å²) in [4.78, 5) is 0. The lowest BCUT2D eigenvalue weighted by molar-refractivity contribution is 0.586. The fourth-order valence-electron chi connectivity index (χ4n) is 1.64. The SMILES string of the molecule is Cc1ccc(CSCCNS(=O)(=O)c2ccc(Br)s2)cc1. The molecule has 3 nitrogen and oxygen atoms in total. The highest BCUT2D eigenvalue weighted by molar-refractivity contribution is 9.11. The molecule has 2 aromatic rings. The summed E-state index contributed by atoms with van der Waals surface area (Å²) in [6.45, 7) is 2.50. The maximum Gasteiger partial charge on any atom is 0.250 e. The quantitative estimate of drug-likeness (QED) is 0.707. The molecule has 0 unspecified atom stereocenters. The highest BCUT2D eigenvalue weighted by Crippen LogP contribution is 2.25. The first-order chi connectivity index (χ1) is 9.97. The highest BCUT2D eigenvalue weighted by Gasteiger charge is 2.15. The van der Waals surface area contributed by atoms with Crippen molar-refractivity contribution in [1.29, 1.82) is 0 Å². The molecule has 0 aliphatic carbocycles. The van der Waals surface area contributed by atoms with Crippen molar-refractivity contribution in [3.63, 3.8) is 0 Å². The molecule has 7 heteroatoms. The first-order valence-corrected chi connectivity index (χ1v) is 10.6. The topological polar surface area (TPSA) is 46.2 Å². The Morgan fingerprint density at radius 2 is 1.90 bits per heavy atom. The molecule has 1 heterocycles. The molecule has 0 spiro atoms. The lowest BCUT2D eigenvalue weighted by Gasteiger charge is -2.05. The molecule has 1 N–H and O–H groups in total. The van der Waals surface area contributed by atoms with E-state index in [1.165, 1.54) is 22.5 Å². The molecule has 114 valence electrons. The van der Waals surface area contributed by atoms with Crippen LogP contribution in [0.15, 0.2) is 44.4 Å². The van der Waals surface area contributed by atoms with Gasteiger partial charge in [0.1, 0.15) is 4.21 Å². The van der Waals surface area contributed by atoms with Crippen LogP contribution in [0.25, 0.3) is 0 Å². The Hall–Kier alpha value is -0.340.